The summed E-state index contributed by atoms with van der Waals surface area (Å²) in [6.07, 6.45) is 67.9. The lowest BCUT2D eigenvalue weighted by molar-refractivity contribution is -0.167. The maximum Gasteiger partial charge on any atom is 0.306 e. The molecule has 0 rings (SSSR count). The normalized spacial score (nSPS) is 12.6. The second kappa shape index (κ2) is 53.5. The summed E-state index contributed by atoms with van der Waals surface area (Å²) < 4.78 is 16.7. The van der Waals surface area contributed by atoms with Gasteiger partial charge in [0.2, 0.25) is 0 Å². The third-order valence-corrected chi connectivity index (χ3v) is 11.7. The molecule has 0 saturated carbocycles. The lowest BCUT2D eigenvalue weighted by Gasteiger charge is -2.18. The Kier molecular flexibility index (Phi) is 50.9. The Morgan fingerprint density at radius 1 is 0.323 bits per heavy atom. The molecule has 374 valence electrons. The monoisotopic (exact) mass is 907 g/mol. The molecule has 0 heterocycles. The lowest BCUT2D eigenvalue weighted by Crippen LogP contribution is -2.30. The molecule has 0 saturated heterocycles. The average Bonchev–Trinajstić information content (AvgIpc) is 3.30. The van der Waals surface area contributed by atoms with Gasteiger partial charge in [0.05, 0.1) is 0 Å². The smallest absolute Gasteiger partial charge is 0.306 e. The minimum atomic E-state index is -0.780. The molecule has 0 aromatic carbocycles. The van der Waals surface area contributed by atoms with E-state index in [1.165, 1.54) is 109 Å². The molecule has 0 aliphatic rings. The van der Waals surface area contributed by atoms with Crippen molar-refractivity contribution in [3.05, 3.63) is 72.9 Å². The number of carbonyl (C=O) groups excluding carboxylic acids is 3. The fourth-order valence-electron chi connectivity index (χ4n) is 7.62. The van der Waals surface area contributed by atoms with Gasteiger partial charge in [0.15, 0.2) is 6.10 Å². The molecular formula is C59H102O6. The van der Waals surface area contributed by atoms with Gasteiger partial charge in [0.25, 0.3) is 0 Å². The highest BCUT2D eigenvalue weighted by molar-refractivity contribution is 5.71. The Labute approximate surface area is 402 Å². The molecule has 0 aromatic heterocycles. The molecule has 6 heteroatoms. The number of hydrogen-bond acceptors (Lipinski definition) is 6. The molecule has 1 atom stereocenters. The van der Waals surface area contributed by atoms with Gasteiger partial charge in [-0.05, 0) is 70.6 Å². The number of rotatable bonds is 49. The number of ether oxygens (including phenoxy) is 3. The molecule has 0 spiro atoms. The van der Waals surface area contributed by atoms with E-state index in [2.05, 4.69) is 93.7 Å². The lowest BCUT2D eigenvalue weighted by atomic mass is 10.0. The van der Waals surface area contributed by atoms with Crippen LogP contribution in [0.5, 0.6) is 0 Å². The minimum Gasteiger partial charge on any atom is -0.462 e. The topological polar surface area (TPSA) is 78.9 Å². The van der Waals surface area contributed by atoms with E-state index < -0.39 is 6.10 Å². The molecule has 0 aliphatic carbocycles. The Hall–Kier alpha value is -3.15. The standard InChI is InChI=1S/C59H102O6/c1-4-7-10-13-15-17-19-21-23-25-27-28-29-30-32-33-35-37-39-41-43-46-49-52-58(61)64-55-56(54-63-57(60)51-48-45-12-9-6-3)65-59(62)53-50-47-44-42-40-38-36-34-31-26-24-22-20-18-16-14-11-8-5-2/h7,10,15,17,21,23,27-28,30,32,35,37,56H,4-6,8-9,11-14,16,18-20,22,24-26,29,31,33-34,36,38-55H2,1-3H3/b10-7-,17-15-,23-21-,28-27-,32-30-,37-35-. The number of carbonyl (C=O) groups is 3. The highest BCUT2D eigenvalue weighted by Crippen LogP contribution is 2.16. The van der Waals surface area contributed by atoms with Crippen molar-refractivity contribution in [3.63, 3.8) is 0 Å². The number of esters is 3. The van der Waals surface area contributed by atoms with Crippen LogP contribution in [0, 0.1) is 0 Å². The van der Waals surface area contributed by atoms with Crippen molar-refractivity contribution in [2.45, 2.75) is 271 Å². The zero-order valence-corrected chi connectivity index (χ0v) is 42.7. The fraction of sp³-hybridized carbons (Fsp3) is 0.746. The van der Waals surface area contributed by atoms with Crippen LogP contribution in [0.15, 0.2) is 72.9 Å². The third-order valence-electron chi connectivity index (χ3n) is 11.7. The van der Waals surface area contributed by atoms with Crippen LogP contribution in [0.3, 0.4) is 0 Å². The van der Waals surface area contributed by atoms with Crippen molar-refractivity contribution in [3.8, 4) is 0 Å². The van der Waals surface area contributed by atoms with Crippen molar-refractivity contribution in [1.29, 1.82) is 0 Å². The van der Waals surface area contributed by atoms with E-state index in [0.29, 0.717) is 19.3 Å². The molecule has 0 fully saturated rings. The second-order valence-electron chi connectivity index (χ2n) is 18.1. The predicted octanol–water partition coefficient (Wildman–Crippen LogP) is 18.2. The summed E-state index contributed by atoms with van der Waals surface area (Å²) >= 11 is 0. The largest absolute Gasteiger partial charge is 0.462 e. The average molecular weight is 907 g/mol. The van der Waals surface area contributed by atoms with Gasteiger partial charge in [-0.2, -0.15) is 0 Å². The maximum absolute atomic E-state index is 12.8. The first kappa shape index (κ1) is 61.9. The van der Waals surface area contributed by atoms with E-state index in [1.54, 1.807) is 0 Å². The number of allylic oxidation sites excluding steroid dienone is 12. The van der Waals surface area contributed by atoms with Crippen LogP contribution in [0.4, 0.5) is 0 Å². The first-order chi connectivity index (χ1) is 32.0. The van der Waals surface area contributed by atoms with Gasteiger partial charge in [0, 0.05) is 19.3 Å². The summed E-state index contributed by atoms with van der Waals surface area (Å²) in [4.78, 5) is 37.7. The summed E-state index contributed by atoms with van der Waals surface area (Å²) in [5.41, 5.74) is 0. The molecule has 65 heavy (non-hydrogen) atoms. The molecule has 0 aliphatic heterocycles. The van der Waals surface area contributed by atoms with Gasteiger partial charge in [-0.25, -0.2) is 0 Å². The van der Waals surface area contributed by atoms with Gasteiger partial charge in [0.1, 0.15) is 13.2 Å². The molecule has 0 N–H and O–H groups in total. The van der Waals surface area contributed by atoms with Crippen molar-refractivity contribution in [2.24, 2.45) is 0 Å². The summed E-state index contributed by atoms with van der Waals surface area (Å²) in [5, 5.41) is 0. The molecule has 0 bridgehead atoms. The van der Waals surface area contributed by atoms with Gasteiger partial charge in [-0.1, -0.05) is 248 Å². The minimum absolute atomic E-state index is 0.0827. The van der Waals surface area contributed by atoms with Crippen LogP contribution in [0.25, 0.3) is 0 Å². The zero-order valence-electron chi connectivity index (χ0n) is 42.7. The van der Waals surface area contributed by atoms with E-state index in [4.69, 9.17) is 14.2 Å². The summed E-state index contributed by atoms with van der Waals surface area (Å²) in [6, 6.07) is 0. The molecular weight excluding hydrogens is 805 g/mol. The third kappa shape index (κ3) is 51.7. The molecule has 0 radical (unpaired) electrons. The SMILES string of the molecule is CC/C=C\C/C=C\C/C=C\C/C=C\C/C=C\C/C=C\CCCCCCC(=O)OCC(COC(=O)CCCCCCC)OC(=O)CCCCCCCCCCCCCCCCCCCCC. The van der Waals surface area contributed by atoms with Crippen LogP contribution >= 0.6 is 0 Å². The van der Waals surface area contributed by atoms with Crippen LogP contribution in [0.2, 0.25) is 0 Å². The van der Waals surface area contributed by atoms with Crippen LogP contribution in [-0.4, -0.2) is 37.2 Å². The highest BCUT2D eigenvalue weighted by atomic mass is 16.6. The maximum atomic E-state index is 12.8. The summed E-state index contributed by atoms with van der Waals surface area (Å²) in [6.45, 7) is 6.44. The fourth-order valence-corrected chi connectivity index (χ4v) is 7.62. The van der Waals surface area contributed by atoms with Gasteiger partial charge >= 0.3 is 17.9 Å². The van der Waals surface area contributed by atoms with Crippen molar-refractivity contribution >= 4 is 17.9 Å². The van der Waals surface area contributed by atoms with Gasteiger partial charge < -0.3 is 14.2 Å². The molecule has 1 unspecified atom stereocenters. The summed E-state index contributed by atoms with van der Waals surface area (Å²) in [7, 11) is 0. The first-order valence-electron chi connectivity index (χ1n) is 27.4. The predicted molar refractivity (Wildman–Crippen MR) is 279 cm³/mol. The quantitative estimate of drug-likeness (QED) is 0.0262. The highest BCUT2D eigenvalue weighted by Gasteiger charge is 2.19. The number of unbranched alkanes of at least 4 members (excludes halogenated alkanes) is 26. The van der Waals surface area contributed by atoms with Crippen LogP contribution < -0.4 is 0 Å². The Balaban J connectivity index is 4.18. The Morgan fingerprint density at radius 2 is 0.600 bits per heavy atom. The number of hydrogen-bond donors (Lipinski definition) is 0. The van der Waals surface area contributed by atoms with Gasteiger partial charge in [-0.3, -0.25) is 14.4 Å². The van der Waals surface area contributed by atoms with E-state index >= 15 is 0 Å². The van der Waals surface area contributed by atoms with Crippen LogP contribution in [-0.2, 0) is 28.6 Å². The Morgan fingerprint density at radius 3 is 0.938 bits per heavy atom. The molecule has 0 amide bonds. The molecule has 0 aromatic rings. The molecule has 6 nitrogen and oxygen atoms in total. The van der Waals surface area contributed by atoms with E-state index in [1.807, 2.05) is 0 Å². The van der Waals surface area contributed by atoms with E-state index in [-0.39, 0.29) is 31.1 Å². The van der Waals surface area contributed by atoms with E-state index in [9.17, 15) is 14.4 Å². The summed E-state index contributed by atoms with van der Waals surface area (Å²) in [5.74, 6) is -0.915. The van der Waals surface area contributed by atoms with Gasteiger partial charge in [-0.15, -0.1) is 0 Å². The zero-order chi connectivity index (χ0) is 47.2. The Bertz CT molecular complexity index is 1230. The van der Waals surface area contributed by atoms with Crippen molar-refractivity contribution in [1.82, 2.24) is 0 Å². The van der Waals surface area contributed by atoms with Crippen molar-refractivity contribution < 1.29 is 28.6 Å². The van der Waals surface area contributed by atoms with Crippen LogP contribution in [0.1, 0.15) is 265 Å². The second-order valence-corrected chi connectivity index (χ2v) is 18.1. The van der Waals surface area contributed by atoms with Crippen molar-refractivity contribution in [2.75, 3.05) is 13.2 Å². The van der Waals surface area contributed by atoms with E-state index in [0.717, 1.165) is 116 Å². The first-order valence-corrected chi connectivity index (χ1v) is 27.4.